The lowest BCUT2D eigenvalue weighted by molar-refractivity contribution is 0.838. The molecule has 0 saturated carbocycles. The van der Waals surface area contributed by atoms with Crippen LogP contribution in [0.1, 0.15) is 11.6 Å². The zero-order chi connectivity index (χ0) is 16.0. The Kier molecular flexibility index (Phi) is 3.38. The Bertz CT molecular complexity index is 873. The van der Waals surface area contributed by atoms with E-state index in [0.29, 0.717) is 0 Å². The van der Waals surface area contributed by atoms with Crippen LogP contribution in [0.3, 0.4) is 0 Å². The number of aryl methyl sites for hydroxylation is 1. The third kappa shape index (κ3) is 2.41. The topological polar surface area (TPSA) is 34.0 Å². The van der Waals surface area contributed by atoms with Gasteiger partial charge in [0.05, 0.1) is 11.4 Å². The van der Waals surface area contributed by atoms with E-state index in [1.54, 1.807) is 0 Å². The number of fused-ring (bicyclic) bond motifs is 3. The van der Waals surface area contributed by atoms with Gasteiger partial charge in [-0.25, -0.2) is 0 Å². The smallest absolute Gasteiger partial charge is 0.139 e. The first-order valence-electron chi connectivity index (χ1n) is 7.47. The van der Waals surface area contributed by atoms with Gasteiger partial charge in [-0.2, -0.15) is 0 Å². The van der Waals surface area contributed by atoms with Gasteiger partial charge in [-0.05, 0) is 43.3 Å². The Morgan fingerprint density at radius 3 is 2.61 bits per heavy atom. The molecule has 0 saturated heterocycles. The maximum atomic E-state index is 6.04. The molecule has 23 heavy (non-hydrogen) atoms. The molecule has 6 heteroatoms. The molecule has 0 atom stereocenters. The highest BCUT2D eigenvalue weighted by Gasteiger charge is 2.23. The lowest BCUT2D eigenvalue weighted by Crippen LogP contribution is -2.21. The predicted molar refractivity (Wildman–Crippen MR) is 93.6 cm³/mol. The van der Waals surface area contributed by atoms with Crippen molar-refractivity contribution >= 4 is 36.3 Å². The van der Waals surface area contributed by atoms with E-state index < -0.39 is 0 Å². The number of aromatic nitrogens is 3. The van der Waals surface area contributed by atoms with Crippen molar-refractivity contribution in [3.8, 4) is 5.69 Å². The van der Waals surface area contributed by atoms with Crippen LogP contribution >= 0.6 is 11.6 Å². The minimum absolute atomic E-state index is 0.726. The minimum Gasteiger partial charge on any atom is -0.339 e. The molecule has 2 heterocycles. The maximum Gasteiger partial charge on any atom is 0.139 e. The summed E-state index contributed by atoms with van der Waals surface area (Å²) in [7, 11) is 6.04. The molecule has 3 aromatic rings. The highest BCUT2D eigenvalue weighted by Crippen LogP contribution is 2.34. The van der Waals surface area contributed by atoms with E-state index in [4.69, 9.17) is 19.4 Å². The number of hydrogen-bond donors (Lipinski definition) is 0. The average Bonchev–Trinajstić information content (AvgIpc) is 2.82. The third-order valence-corrected chi connectivity index (χ3v) is 4.37. The summed E-state index contributed by atoms with van der Waals surface area (Å²) in [6, 6.07) is 13.8. The number of anilines is 2. The Balaban J connectivity index is 1.92. The van der Waals surface area contributed by atoms with Crippen LogP contribution in [-0.4, -0.2) is 29.2 Å². The molecule has 2 aromatic carbocycles. The van der Waals surface area contributed by atoms with E-state index in [1.165, 1.54) is 0 Å². The fourth-order valence-corrected chi connectivity index (χ4v) is 3.17. The molecule has 0 amide bonds. The molecule has 112 valence electrons. The molecule has 0 unspecified atom stereocenters. The van der Waals surface area contributed by atoms with E-state index in [0.717, 1.165) is 52.2 Å². The number of halogens is 1. The van der Waals surface area contributed by atoms with Crippen LogP contribution in [0.15, 0.2) is 42.5 Å². The van der Waals surface area contributed by atoms with Gasteiger partial charge in [0.25, 0.3) is 0 Å². The summed E-state index contributed by atoms with van der Waals surface area (Å²) < 4.78 is 2.10. The Labute approximate surface area is 141 Å². The van der Waals surface area contributed by atoms with Crippen LogP contribution in [0.5, 0.6) is 0 Å². The third-order valence-electron chi connectivity index (χ3n) is 4.12. The monoisotopic (exact) mass is 320 g/mol. The normalized spacial score (nSPS) is 13.4. The van der Waals surface area contributed by atoms with Gasteiger partial charge in [-0.1, -0.05) is 23.1 Å². The molecule has 1 aromatic heterocycles. The Morgan fingerprint density at radius 2 is 1.83 bits per heavy atom. The van der Waals surface area contributed by atoms with Gasteiger partial charge in [0.1, 0.15) is 19.5 Å². The summed E-state index contributed by atoms with van der Waals surface area (Å²) in [4.78, 5) is 2.25. The van der Waals surface area contributed by atoms with Crippen molar-refractivity contribution in [1.82, 2.24) is 14.8 Å². The summed E-state index contributed by atoms with van der Waals surface area (Å²) in [6.07, 6.45) is 0.804. The first-order valence-corrected chi connectivity index (χ1v) is 7.85. The SMILES string of the molecule is [B]c1ccc2c(c1)N(c1ccc(Cl)cc1)CCc1nnc(C)n1-2. The van der Waals surface area contributed by atoms with Crippen LogP contribution in [0, 0.1) is 6.92 Å². The summed E-state index contributed by atoms with van der Waals surface area (Å²) in [5.41, 5.74) is 3.91. The fourth-order valence-electron chi connectivity index (χ4n) is 3.05. The van der Waals surface area contributed by atoms with Crippen molar-refractivity contribution in [2.45, 2.75) is 13.3 Å². The molecule has 0 spiro atoms. The van der Waals surface area contributed by atoms with E-state index in [-0.39, 0.29) is 0 Å². The van der Waals surface area contributed by atoms with Crippen molar-refractivity contribution < 1.29 is 0 Å². The van der Waals surface area contributed by atoms with Crippen LogP contribution in [0.25, 0.3) is 5.69 Å². The zero-order valence-corrected chi connectivity index (χ0v) is 13.5. The molecule has 1 aliphatic heterocycles. The lowest BCUT2D eigenvalue weighted by atomic mass is 9.95. The van der Waals surface area contributed by atoms with Crippen molar-refractivity contribution in [2.75, 3.05) is 11.4 Å². The average molecular weight is 321 g/mol. The molecule has 0 N–H and O–H groups in total. The second-order valence-corrected chi connectivity index (χ2v) is 6.06. The number of rotatable bonds is 1. The Hall–Kier alpha value is -2.27. The first-order chi connectivity index (χ1) is 11.1. The maximum absolute atomic E-state index is 6.04. The van der Waals surface area contributed by atoms with Gasteiger partial charge in [0.15, 0.2) is 0 Å². The molecule has 1 aliphatic rings. The van der Waals surface area contributed by atoms with E-state index in [9.17, 15) is 0 Å². The predicted octanol–water partition coefficient (Wildman–Crippen LogP) is 2.72. The summed E-state index contributed by atoms with van der Waals surface area (Å²) in [5, 5.41) is 9.26. The molecular weight excluding hydrogens is 306 g/mol. The Morgan fingerprint density at radius 1 is 1.04 bits per heavy atom. The molecule has 0 bridgehead atoms. The summed E-state index contributed by atoms with van der Waals surface area (Å²) in [5.74, 6) is 1.84. The molecule has 4 rings (SSSR count). The molecule has 0 aliphatic carbocycles. The van der Waals surface area contributed by atoms with E-state index >= 15 is 0 Å². The first kappa shape index (κ1) is 14.3. The second kappa shape index (κ2) is 5.42. The van der Waals surface area contributed by atoms with Crippen LogP contribution in [0.4, 0.5) is 11.4 Å². The van der Waals surface area contributed by atoms with Crippen molar-refractivity contribution in [1.29, 1.82) is 0 Å². The van der Waals surface area contributed by atoms with Gasteiger partial charge in [-0.3, -0.25) is 4.57 Å². The van der Waals surface area contributed by atoms with E-state index in [1.807, 2.05) is 49.4 Å². The largest absolute Gasteiger partial charge is 0.339 e. The van der Waals surface area contributed by atoms with Crippen LogP contribution in [-0.2, 0) is 6.42 Å². The quantitative estimate of drug-likeness (QED) is 0.647. The molecular formula is C17H14BClN4. The van der Waals surface area contributed by atoms with Crippen LogP contribution in [0.2, 0.25) is 5.02 Å². The van der Waals surface area contributed by atoms with Gasteiger partial charge in [0, 0.05) is 23.7 Å². The standard InChI is InChI=1S/C17H14BClN4/c1-11-20-21-17-8-9-22(14-5-3-13(19)4-6-14)16-10-12(18)2-7-15(16)23(11)17/h2-7,10H,8-9H2,1H3. The fraction of sp³-hybridized carbons (Fsp3) is 0.176. The summed E-state index contributed by atoms with van der Waals surface area (Å²) >= 11 is 6.02. The van der Waals surface area contributed by atoms with Crippen molar-refractivity contribution in [2.24, 2.45) is 0 Å². The number of benzene rings is 2. The minimum atomic E-state index is 0.726. The number of hydrogen-bond acceptors (Lipinski definition) is 3. The van der Waals surface area contributed by atoms with Gasteiger partial charge < -0.3 is 4.90 Å². The second-order valence-electron chi connectivity index (χ2n) is 5.63. The molecule has 4 nitrogen and oxygen atoms in total. The highest BCUT2D eigenvalue weighted by molar-refractivity contribution is 6.32. The van der Waals surface area contributed by atoms with Gasteiger partial charge in [-0.15, -0.1) is 10.2 Å². The van der Waals surface area contributed by atoms with Gasteiger partial charge >= 0.3 is 0 Å². The highest BCUT2D eigenvalue weighted by atomic mass is 35.5. The lowest BCUT2D eigenvalue weighted by Gasteiger charge is -2.25. The van der Waals surface area contributed by atoms with Crippen LogP contribution < -0.4 is 10.4 Å². The number of nitrogens with zero attached hydrogens (tertiary/aromatic N) is 4. The molecule has 2 radical (unpaired) electrons. The van der Waals surface area contributed by atoms with Crippen molar-refractivity contribution in [3.63, 3.8) is 0 Å². The van der Waals surface area contributed by atoms with Crippen molar-refractivity contribution in [3.05, 3.63) is 59.1 Å². The summed E-state index contributed by atoms with van der Waals surface area (Å²) in [6.45, 7) is 2.77. The van der Waals surface area contributed by atoms with E-state index in [2.05, 4.69) is 19.7 Å². The van der Waals surface area contributed by atoms with Gasteiger partial charge in [0.2, 0.25) is 0 Å². The zero-order valence-electron chi connectivity index (χ0n) is 12.7. The molecule has 0 fully saturated rings.